The molecule has 0 unspecified atom stereocenters. The van der Waals surface area contributed by atoms with E-state index < -0.39 is 0 Å². The van der Waals surface area contributed by atoms with Gasteiger partial charge in [0, 0.05) is 25.8 Å². The maximum absolute atomic E-state index is 12.9. The number of likely N-dealkylation sites (tertiary alicyclic amines) is 1. The maximum Gasteiger partial charge on any atom is 0.243 e. The Kier molecular flexibility index (Phi) is 7.82. The first-order valence-corrected chi connectivity index (χ1v) is 10.9. The molecule has 1 atom stereocenters. The number of likely N-dealkylation sites (N-methyl/N-ethyl adjacent to an activating group) is 1. The summed E-state index contributed by atoms with van der Waals surface area (Å²) in [5, 5.41) is 2.91. The number of carbonyl (C=O) groups is 3. The van der Waals surface area contributed by atoms with Crippen LogP contribution in [0, 0.1) is 5.92 Å². The topological polar surface area (TPSA) is 69.7 Å². The second-order valence-corrected chi connectivity index (χ2v) is 8.09. The second-order valence-electron chi connectivity index (χ2n) is 8.09. The average molecular weight is 422 g/mol. The molecule has 3 rings (SSSR count). The van der Waals surface area contributed by atoms with E-state index >= 15 is 0 Å². The van der Waals surface area contributed by atoms with E-state index in [4.69, 9.17) is 0 Å². The van der Waals surface area contributed by atoms with Crippen LogP contribution in [0.15, 0.2) is 54.6 Å². The van der Waals surface area contributed by atoms with Crippen molar-refractivity contribution in [2.75, 3.05) is 32.0 Å². The molecule has 0 aliphatic carbocycles. The number of carbonyl (C=O) groups excluding carboxylic acids is 3. The number of rotatable bonds is 7. The molecule has 0 saturated carbocycles. The highest BCUT2D eigenvalue weighted by Crippen LogP contribution is 2.20. The van der Waals surface area contributed by atoms with E-state index in [-0.39, 0.29) is 30.2 Å². The molecule has 1 N–H and O–H groups in total. The van der Waals surface area contributed by atoms with E-state index in [1.807, 2.05) is 61.5 Å². The van der Waals surface area contributed by atoms with Crippen LogP contribution in [0.4, 0.5) is 5.69 Å². The predicted molar refractivity (Wildman–Crippen MR) is 122 cm³/mol. The number of hydrogen-bond acceptors (Lipinski definition) is 3. The summed E-state index contributed by atoms with van der Waals surface area (Å²) in [5.41, 5.74) is 2.82. The Morgan fingerprint density at radius 2 is 1.77 bits per heavy atom. The summed E-state index contributed by atoms with van der Waals surface area (Å²) in [6.45, 7) is 3.11. The molecule has 1 aliphatic heterocycles. The van der Waals surface area contributed by atoms with E-state index in [0.29, 0.717) is 19.5 Å². The lowest BCUT2D eigenvalue weighted by Gasteiger charge is -2.34. The van der Waals surface area contributed by atoms with Gasteiger partial charge in [0.1, 0.15) is 0 Å². The van der Waals surface area contributed by atoms with E-state index in [0.717, 1.165) is 36.1 Å². The van der Waals surface area contributed by atoms with Crippen molar-refractivity contribution >= 4 is 23.4 Å². The van der Waals surface area contributed by atoms with E-state index in [2.05, 4.69) is 5.32 Å². The molecule has 1 fully saturated rings. The molecule has 0 bridgehead atoms. The highest BCUT2D eigenvalue weighted by Gasteiger charge is 2.30. The van der Waals surface area contributed by atoms with Gasteiger partial charge < -0.3 is 15.1 Å². The molecule has 3 amide bonds. The van der Waals surface area contributed by atoms with E-state index in [1.54, 1.807) is 11.9 Å². The van der Waals surface area contributed by atoms with Crippen LogP contribution in [0.3, 0.4) is 0 Å². The summed E-state index contributed by atoms with van der Waals surface area (Å²) in [4.78, 5) is 41.4. The lowest BCUT2D eigenvalue weighted by atomic mass is 9.96. The fraction of sp³-hybridized carbons (Fsp3) is 0.400. The highest BCUT2D eigenvalue weighted by atomic mass is 16.2. The summed E-state index contributed by atoms with van der Waals surface area (Å²) in [6.07, 6.45) is 2.69. The number of aryl methyl sites for hydroxylation is 1. The van der Waals surface area contributed by atoms with Crippen LogP contribution in [0.5, 0.6) is 0 Å². The third kappa shape index (κ3) is 6.17. The van der Waals surface area contributed by atoms with Gasteiger partial charge in [0.05, 0.1) is 18.9 Å². The van der Waals surface area contributed by atoms with Crippen LogP contribution in [-0.4, -0.2) is 54.2 Å². The molecule has 1 aliphatic rings. The Labute approximate surface area is 184 Å². The van der Waals surface area contributed by atoms with Crippen molar-refractivity contribution < 1.29 is 14.4 Å². The van der Waals surface area contributed by atoms with Crippen molar-refractivity contribution in [1.82, 2.24) is 9.80 Å². The molecule has 6 nitrogen and oxygen atoms in total. The summed E-state index contributed by atoms with van der Waals surface area (Å²) in [7, 11) is 1.65. The summed E-state index contributed by atoms with van der Waals surface area (Å²) < 4.78 is 0. The first kappa shape index (κ1) is 22.5. The Bertz CT molecular complexity index is 913. The van der Waals surface area contributed by atoms with Gasteiger partial charge in [-0.25, -0.2) is 0 Å². The van der Waals surface area contributed by atoms with Crippen molar-refractivity contribution in [1.29, 1.82) is 0 Å². The zero-order valence-corrected chi connectivity index (χ0v) is 18.3. The monoisotopic (exact) mass is 421 g/mol. The summed E-state index contributed by atoms with van der Waals surface area (Å²) in [6, 6.07) is 17.3. The molecular formula is C25H31N3O3. The molecule has 2 aromatic rings. The van der Waals surface area contributed by atoms with Gasteiger partial charge in [-0.2, -0.15) is 0 Å². The third-order valence-corrected chi connectivity index (χ3v) is 5.75. The minimum atomic E-state index is -0.269. The van der Waals surface area contributed by atoms with Crippen LogP contribution in [0.25, 0.3) is 0 Å². The minimum absolute atomic E-state index is 0.00859. The van der Waals surface area contributed by atoms with Crippen molar-refractivity contribution in [2.45, 2.75) is 32.6 Å². The SMILES string of the molecule is CCc1ccccc1NC(=O)CN(C)C(=O)[C@@H]1CCCN(C(=O)Cc2ccccc2)C1. The first-order valence-electron chi connectivity index (χ1n) is 10.9. The van der Waals surface area contributed by atoms with Crippen molar-refractivity contribution in [3.8, 4) is 0 Å². The Balaban J connectivity index is 1.53. The molecule has 6 heteroatoms. The number of para-hydroxylation sites is 1. The van der Waals surface area contributed by atoms with E-state index in [9.17, 15) is 14.4 Å². The number of piperidine rings is 1. The minimum Gasteiger partial charge on any atom is -0.342 e. The first-order chi connectivity index (χ1) is 15.0. The molecule has 31 heavy (non-hydrogen) atoms. The molecule has 1 saturated heterocycles. The number of amides is 3. The summed E-state index contributed by atoms with van der Waals surface area (Å²) >= 11 is 0. The number of benzene rings is 2. The Morgan fingerprint density at radius 3 is 2.52 bits per heavy atom. The predicted octanol–water partition coefficient (Wildman–Crippen LogP) is 3.13. The number of nitrogens with zero attached hydrogens (tertiary/aromatic N) is 2. The van der Waals surface area contributed by atoms with Crippen LogP contribution in [-0.2, 0) is 27.2 Å². The van der Waals surface area contributed by atoms with Crippen LogP contribution in [0.2, 0.25) is 0 Å². The lowest BCUT2D eigenvalue weighted by molar-refractivity contribution is -0.141. The van der Waals surface area contributed by atoms with Crippen LogP contribution in [0.1, 0.15) is 30.9 Å². The van der Waals surface area contributed by atoms with Gasteiger partial charge >= 0.3 is 0 Å². The van der Waals surface area contributed by atoms with Crippen molar-refractivity contribution in [3.63, 3.8) is 0 Å². The zero-order valence-electron chi connectivity index (χ0n) is 18.3. The molecule has 0 aromatic heterocycles. The van der Waals surface area contributed by atoms with Gasteiger partial charge in [0.25, 0.3) is 0 Å². The number of hydrogen-bond donors (Lipinski definition) is 1. The van der Waals surface area contributed by atoms with Crippen LogP contribution >= 0.6 is 0 Å². The van der Waals surface area contributed by atoms with Gasteiger partial charge in [-0.1, -0.05) is 55.5 Å². The van der Waals surface area contributed by atoms with Gasteiger partial charge in [-0.3, -0.25) is 14.4 Å². The quantitative estimate of drug-likeness (QED) is 0.747. The molecule has 1 heterocycles. The molecule has 0 spiro atoms. The average Bonchev–Trinajstić information content (AvgIpc) is 2.79. The third-order valence-electron chi connectivity index (χ3n) is 5.75. The lowest BCUT2D eigenvalue weighted by Crippen LogP contribution is -2.47. The van der Waals surface area contributed by atoms with Gasteiger partial charge in [-0.15, -0.1) is 0 Å². The van der Waals surface area contributed by atoms with Crippen LogP contribution < -0.4 is 5.32 Å². The highest BCUT2D eigenvalue weighted by molar-refractivity contribution is 5.95. The molecule has 2 aromatic carbocycles. The molecule has 0 radical (unpaired) electrons. The number of nitrogens with one attached hydrogen (secondary N) is 1. The fourth-order valence-corrected chi connectivity index (χ4v) is 4.03. The van der Waals surface area contributed by atoms with Gasteiger partial charge in [0.15, 0.2) is 0 Å². The number of anilines is 1. The fourth-order valence-electron chi connectivity index (χ4n) is 4.03. The van der Waals surface area contributed by atoms with Gasteiger partial charge in [-0.05, 0) is 36.5 Å². The van der Waals surface area contributed by atoms with Gasteiger partial charge in [0.2, 0.25) is 17.7 Å². The molecular weight excluding hydrogens is 390 g/mol. The largest absolute Gasteiger partial charge is 0.342 e. The Morgan fingerprint density at radius 1 is 1.06 bits per heavy atom. The summed E-state index contributed by atoms with van der Waals surface area (Å²) in [5.74, 6) is -0.532. The smallest absolute Gasteiger partial charge is 0.243 e. The zero-order chi connectivity index (χ0) is 22.2. The van der Waals surface area contributed by atoms with Crippen molar-refractivity contribution in [2.24, 2.45) is 5.92 Å². The maximum atomic E-state index is 12.9. The standard InChI is InChI=1S/C25H31N3O3/c1-3-20-12-7-8-14-22(20)26-23(29)18-27(2)25(31)21-13-9-15-28(17-21)24(30)16-19-10-5-4-6-11-19/h4-8,10-12,14,21H,3,9,13,15-18H2,1-2H3,(H,26,29)/t21-/m1/s1. The van der Waals surface area contributed by atoms with E-state index in [1.165, 1.54) is 4.90 Å². The molecule has 164 valence electrons. The van der Waals surface area contributed by atoms with Crippen molar-refractivity contribution in [3.05, 3.63) is 65.7 Å². The normalized spacial score (nSPS) is 15.9. The Hall–Kier alpha value is -3.15. The second kappa shape index (κ2) is 10.8.